The van der Waals surface area contributed by atoms with Crippen molar-refractivity contribution in [3.05, 3.63) is 89.5 Å². The Bertz CT molecular complexity index is 985. The first-order valence-electron chi connectivity index (χ1n) is 10.2. The summed E-state index contributed by atoms with van der Waals surface area (Å²) in [6.07, 6.45) is 2.86. The summed E-state index contributed by atoms with van der Waals surface area (Å²) < 4.78 is 5.27. The number of hydrogen-bond donors (Lipinski definition) is 3. The largest absolute Gasteiger partial charge is 0.508 e. The molecule has 31 heavy (non-hydrogen) atoms. The van der Waals surface area contributed by atoms with Gasteiger partial charge in [-0.25, -0.2) is 4.79 Å². The van der Waals surface area contributed by atoms with E-state index in [-0.39, 0.29) is 18.1 Å². The smallest absolute Gasteiger partial charge is 0.341 e. The zero-order valence-corrected chi connectivity index (χ0v) is 17.4. The molecule has 160 valence electrons. The minimum Gasteiger partial charge on any atom is -0.508 e. The Kier molecular flexibility index (Phi) is 7.33. The van der Waals surface area contributed by atoms with Crippen molar-refractivity contribution in [2.75, 3.05) is 6.61 Å². The minimum atomic E-state index is -1.02. The molecule has 0 aromatic heterocycles. The van der Waals surface area contributed by atoms with Crippen LogP contribution in [0.3, 0.4) is 0 Å². The third-order valence-corrected chi connectivity index (χ3v) is 4.96. The average molecular weight is 418 g/mol. The van der Waals surface area contributed by atoms with Gasteiger partial charge in [-0.1, -0.05) is 49.7 Å². The highest BCUT2D eigenvalue weighted by atomic mass is 16.5. The molecule has 0 aliphatic carbocycles. The Morgan fingerprint density at radius 1 is 0.774 bits per heavy atom. The lowest BCUT2D eigenvalue weighted by Gasteiger charge is -2.18. The van der Waals surface area contributed by atoms with Crippen LogP contribution in [0.2, 0.25) is 0 Å². The molecule has 0 amide bonds. The molecule has 0 aliphatic rings. The summed E-state index contributed by atoms with van der Waals surface area (Å²) in [5, 5.41) is 28.3. The number of ether oxygens (including phenoxy) is 1. The van der Waals surface area contributed by atoms with Crippen LogP contribution in [-0.2, 0) is 4.79 Å². The van der Waals surface area contributed by atoms with Crippen LogP contribution in [0.25, 0.3) is 11.1 Å². The lowest BCUT2D eigenvalue weighted by atomic mass is 9.87. The molecule has 3 aromatic rings. The van der Waals surface area contributed by atoms with E-state index in [0.717, 1.165) is 47.1 Å². The SMILES string of the molecule is CCCCC(=C(c1ccc(O)cc1)c1ccc(O)cc1)c1ccc(OCC(=O)O)cc1. The number of rotatable bonds is 9. The number of carboxylic acids is 1. The summed E-state index contributed by atoms with van der Waals surface area (Å²) in [4.78, 5) is 10.7. The number of phenolic OH excluding ortho intramolecular Hbond substituents is 2. The minimum absolute atomic E-state index is 0.198. The normalized spacial score (nSPS) is 10.5. The number of allylic oxidation sites excluding steroid dienone is 1. The van der Waals surface area contributed by atoms with Gasteiger partial charge < -0.3 is 20.1 Å². The van der Waals surface area contributed by atoms with Crippen LogP contribution in [0.5, 0.6) is 17.2 Å². The molecule has 0 radical (unpaired) electrons. The molecule has 0 aliphatic heterocycles. The maximum atomic E-state index is 10.7. The van der Waals surface area contributed by atoms with E-state index in [1.165, 1.54) is 0 Å². The van der Waals surface area contributed by atoms with Gasteiger partial charge >= 0.3 is 5.97 Å². The Morgan fingerprint density at radius 3 is 1.71 bits per heavy atom. The molecule has 0 fully saturated rings. The fraction of sp³-hybridized carbons (Fsp3) is 0.192. The van der Waals surface area contributed by atoms with Crippen LogP contribution in [0.1, 0.15) is 42.9 Å². The van der Waals surface area contributed by atoms with Crippen LogP contribution >= 0.6 is 0 Å². The van der Waals surface area contributed by atoms with Gasteiger partial charge in [0.05, 0.1) is 0 Å². The fourth-order valence-corrected chi connectivity index (χ4v) is 3.44. The molecule has 0 heterocycles. The molecule has 0 atom stereocenters. The average Bonchev–Trinajstić information content (AvgIpc) is 2.77. The molecule has 3 aromatic carbocycles. The van der Waals surface area contributed by atoms with Crippen molar-refractivity contribution in [2.24, 2.45) is 0 Å². The lowest BCUT2D eigenvalue weighted by molar-refractivity contribution is -0.139. The lowest BCUT2D eigenvalue weighted by Crippen LogP contribution is -2.09. The Morgan fingerprint density at radius 2 is 1.26 bits per heavy atom. The van der Waals surface area contributed by atoms with E-state index in [1.807, 2.05) is 36.4 Å². The molecule has 0 bridgehead atoms. The molecule has 0 unspecified atom stereocenters. The predicted octanol–water partition coefficient (Wildman–Crippen LogP) is 5.71. The second-order valence-electron chi connectivity index (χ2n) is 7.26. The van der Waals surface area contributed by atoms with E-state index < -0.39 is 5.97 Å². The second-order valence-corrected chi connectivity index (χ2v) is 7.26. The molecular weight excluding hydrogens is 392 g/mol. The molecule has 3 rings (SSSR count). The van der Waals surface area contributed by atoms with E-state index in [0.29, 0.717) is 5.75 Å². The summed E-state index contributed by atoms with van der Waals surface area (Å²) >= 11 is 0. The Labute approximate surface area is 181 Å². The number of aliphatic carboxylic acids is 1. The van der Waals surface area contributed by atoms with Gasteiger partial charge in [-0.05, 0) is 77.1 Å². The van der Waals surface area contributed by atoms with Crippen molar-refractivity contribution in [1.82, 2.24) is 0 Å². The second kappa shape index (κ2) is 10.3. The molecule has 3 N–H and O–H groups in total. The molecule has 0 spiro atoms. The van der Waals surface area contributed by atoms with Crippen LogP contribution in [0, 0.1) is 0 Å². The van der Waals surface area contributed by atoms with Crippen molar-refractivity contribution in [2.45, 2.75) is 26.2 Å². The van der Waals surface area contributed by atoms with E-state index in [4.69, 9.17) is 9.84 Å². The monoisotopic (exact) mass is 418 g/mol. The van der Waals surface area contributed by atoms with Gasteiger partial charge in [0.1, 0.15) is 17.2 Å². The van der Waals surface area contributed by atoms with Crippen molar-refractivity contribution < 1.29 is 24.9 Å². The van der Waals surface area contributed by atoms with Gasteiger partial charge in [-0.15, -0.1) is 0 Å². The summed E-state index contributed by atoms with van der Waals surface area (Å²) in [6, 6.07) is 21.6. The molecule has 0 saturated heterocycles. The number of benzene rings is 3. The number of carbonyl (C=O) groups is 1. The van der Waals surface area contributed by atoms with Gasteiger partial charge in [-0.3, -0.25) is 0 Å². The van der Waals surface area contributed by atoms with E-state index in [1.54, 1.807) is 36.4 Å². The van der Waals surface area contributed by atoms with Crippen molar-refractivity contribution in [3.8, 4) is 17.2 Å². The van der Waals surface area contributed by atoms with Crippen molar-refractivity contribution >= 4 is 17.1 Å². The highest BCUT2D eigenvalue weighted by Crippen LogP contribution is 2.37. The Hall–Kier alpha value is -3.73. The number of carboxylic acid groups (broad SMARTS) is 1. The highest BCUT2D eigenvalue weighted by Gasteiger charge is 2.15. The Balaban J connectivity index is 2.13. The summed E-state index contributed by atoms with van der Waals surface area (Å²) in [5.41, 5.74) is 5.07. The molecule has 5 heteroatoms. The number of hydrogen-bond acceptors (Lipinski definition) is 4. The van der Waals surface area contributed by atoms with Crippen LogP contribution < -0.4 is 4.74 Å². The standard InChI is InChI=1S/C26H26O5/c1-2-3-4-24(18-9-15-23(16-10-18)31-17-25(29)30)26(19-5-11-21(27)12-6-19)20-7-13-22(28)14-8-20/h5-16,27-28H,2-4,17H2,1H3,(H,29,30). The third kappa shape index (κ3) is 5.89. The maximum Gasteiger partial charge on any atom is 0.341 e. The van der Waals surface area contributed by atoms with E-state index >= 15 is 0 Å². The quantitative estimate of drug-likeness (QED) is 0.388. The fourth-order valence-electron chi connectivity index (χ4n) is 3.44. The van der Waals surface area contributed by atoms with E-state index in [9.17, 15) is 15.0 Å². The van der Waals surface area contributed by atoms with Gasteiger partial charge in [0.25, 0.3) is 0 Å². The van der Waals surface area contributed by atoms with Gasteiger partial charge in [0.15, 0.2) is 6.61 Å². The number of phenols is 2. The van der Waals surface area contributed by atoms with E-state index in [2.05, 4.69) is 6.92 Å². The van der Waals surface area contributed by atoms with Gasteiger partial charge in [0, 0.05) is 0 Å². The summed E-state index contributed by atoms with van der Waals surface area (Å²) in [5.74, 6) is -0.126. The maximum absolute atomic E-state index is 10.7. The highest BCUT2D eigenvalue weighted by molar-refractivity contribution is 5.98. The summed E-state index contributed by atoms with van der Waals surface area (Å²) in [7, 11) is 0. The molecule has 0 saturated carbocycles. The first-order chi connectivity index (χ1) is 15.0. The van der Waals surface area contributed by atoms with Crippen LogP contribution in [0.4, 0.5) is 0 Å². The van der Waals surface area contributed by atoms with Crippen molar-refractivity contribution in [1.29, 1.82) is 0 Å². The topological polar surface area (TPSA) is 87.0 Å². The first-order valence-corrected chi connectivity index (χ1v) is 10.2. The predicted molar refractivity (Wildman–Crippen MR) is 121 cm³/mol. The zero-order chi connectivity index (χ0) is 22.2. The van der Waals surface area contributed by atoms with Crippen molar-refractivity contribution in [3.63, 3.8) is 0 Å². The molecular formula is C26H26O5. The third-order valence-electron chi connectivity index (χ3n) is 4.96. The van der Waals surface area contributed by atoms with Crippen LogP contribution in [0.15, 0.2) is 72.8 Å². The first kappa shape index (κ1) is 22.0. The van der Waals surface area contributed by atoms with Gasteiger partial charge in [0.2, 0.25) is 0 Å². The zero-order valence-electron chi connectivity index (χ0n) is 17.4. The van der Waals surface area contributed by atoms with Crippen LogP contribution in [-0.4, -0.2) is 27.9 Å². The summed E-state index contributed by atoms with van der Waals surface area (Å²) in [6.45, 7) is 1.76. The molecule has 5 nitrogen and oxygen atoms in total. The number of aromatic hydroxyl groups is 2. The van der Waals surface area contributed by atoms with Gasteiger partial charge in [-0.2, -0.15) is 0 Å². The number of unbranched alkanes of at least 4 members (excludes halogenated alkanes) is 1.